The fraction of sp³-hybridized carbons (Fsp3) is 0.389. The molecule has 1 aromatic heterocycles. The highest BCUT2D eigenvalue weighted by Crippen LogP contribution is 2.27. The van der Waals surface area contributed by atoms with Gasteiger partial charge in [-0.2, -0.15) is 11.3 Å². The first-order chi connectivity index (χ1) is 11.1. The third kappa shape index (κ3) is 4.57. The van der Waals surface area contributed by atoms with Gasteiger partial charge in [0, 0.05) is 19.0 Å². The molecule has 130 valence electrons. The molecule has 0 bridgehead atoms. The molecule has 1 amide bonds. The summed E-state index contributed by atoms with van der Waals surface area (Å²) in [6.45, 7) is 3.23. The lowest BCUT2D eigenvalue weighted by atomic mass is 10.0. The van der Waals surface area contributed by atoms with E-state index in [9.17, 15) is 4.79 Å². The predicted molar refractivity (Wildman–Crippen MR) is 99.4 cm³/mol. The highest BCUT2D eigenvalue weighted by atomic mass is 35.5. The molecule has 0 spiro atoms. The Balaban J connectivity index is 0.00000208. The lowest BCUT2D eigenvalue weighted by molar-refractivity contribution is -0.145. The van der Waals surface area contributed by atoms with Gasteiger partial charge in [-0.25, -0.2) is 0 Å². The third-order valence-electron chi connectivity index (χ3n) is 4.15. The number of ether oxygens (including phenoxy) is 1. The van der Waals surface area contributed by atoms with Gasteiger partial charge < -0.3 is 15.4 Å². The summed E-state index contributed by atoms with van der Waals surface area (Å²) in [5.41, 5.74) is 8.33. The Bertz CT molecular complexity index is 636. The van der Waals surface area contributed by atoms with Crippen LogP contribution in [-0.4, -0.2) is 30.0 Å². The van der Waals surface area contributed by atoms with Gasteiger partial charge in [0.05, 0.1) is 12.6 Å². The summed E-state index contributed by atoms with van der Waals surface area (Å²) >= 11 is 1.65. The maximum atomic E-state index is 12.6. The van der Waals surface area contributed by atoms with Crippen molar-refractivity contribution >= 4 is 29.7 Å². The number of benzene rings is 1. The van der Waals surface area contributed by atoms with Crippen LogP contribution in [0.25, 0.3) is 0 Å². The summed E-state index contributed by atoms with van der Waals surface area (Å²) in [7, 11) is 0. The minimum atomic E-state index is -0.263. The molecule has 0 aliphatic carbocycles. The van der Waals surface area contributed by atoms with Crippen molar-refractivity contribution in [2.24, 2.45) is 5.73 Å². The summed E-state index contributed by atoms with van der Waals surface area (Å²) in [4.78, 5) is 14.5. The van der Waals surface area contributed by atoms with E-state index >= 15 is 0 Å². The average molecular weight is 367 g/mol. The summed E-state index contributed by atoms with van der Waals surface area (Å²) in [6, 6.07) is 11.6. The van der Waals surface area contributed by atoms with Crippen LogP contribution < -0.4 is 5.73 Å². The van der Waals surface area contributed by atoms with Crippen molar-refractivity contribution in [1.29, 1.82) is 0 Å². The van der Waals surface area contributed by atoms with E-state index < -0.39 is 0 Å². The zero-order valence-corrected chi connectivity index (χ0v) is 15.3. The summed E-state index contributed by atoms with van der Waals surface area (Å²) < 4.78 is 5.98. The van der Waals surface area contributed by atoms with Crippen molar-refractivity contribution in [2.75, 3.05) is 13.1 Å². The van der Waals surface area contributed by atoms with Gasteiger partial charge in [-0.3, -0.25) is 4.79 Å². The number of rotatable bonds is 4. The van der Waals surface area contributed by atoms with Crippen molar-refractivity contribution < 1.29 is 9.53 Å². The van der Waals surface area contributed by atoms with Gasteiger partial charge in [-0.15, -0.1) is 12.4 Å². The van der Waals surface area contributed by atoms with Gasteiger partial charge in [-0.1, -0.05) is 30.3 Å². The van der Waals surface area contributed by atoms with Crippen molar-refractivity contribution in [3.63, 3.8) is 0 Å². The number of hydrogen-bond acceptors (Lipinski definition) is 4. The number of thiophene rings is 1. The molecular weight excluding hydrogens is 344 g/mol. The van der Waals surface area contributed by atoms with Crippen LogP contribution in [0.1, 0.15) is 36.6 Å². The fourth-order valence-corrected chi connectivity index (χ4v) is 3.63. The van der Waals surface area contributed by atoms with Gasteiger partial charge in [0.25, 0.3) is 0 Å². The molecule has 24 heavy (non-hydrogen) atoms. The van der Waals surface area contributed by atoms with E-state index in [1.807, 2.05) is 47.5 Å². The van der Waals surface area contributed by atoms with E-state index in [1.54, 1.807) is 11.3 Å². The van der Waals surface area contributed by atoms with Crippen LogP contribution >= 0.6 is 23.7 Å². The Morgan fingerprint density at radius 1 is 1.33 bits per heavy atom. The van der Waals surface area contributed by atoms with E-state index in [2.05, 4.69) is 11.4 Å². The molecule has 1 fully saturated rings. The Labute approximate surface area is 153 Å². The number of amides is 1. The molecule has 0 saturated carbocycles. The van der Waals surface area contributed by atoms with Crippen LogP contribution in [0.5, 0.6) is 0 Å². The van der Waals surface area contributed by atoms with Gasteiger partial charge in [0.1, 0.15) is 6.10 Å². The molecule has 1 aliphatic heterocycles. The topological polar surface area (TPSA) is 55.6 Å². The number of nitrogens with zero attached hydrogens (tertiary/aromatic N) is 1. The summed E-state index contributed by atoms with van der Waals surface area (Å²) in [5, 5.41) is 4.12. The monoisotopic (exact) mass is 366 g/mol. The van der Waals surface area contributed by atoms with Crippen molar-refractivity contribution in [3.8, 4) is 0 Å². The van der Waals surface area contributed by atoms with Crippen LogP contribution in [0.15, 0.2) is 47.2 Å². The smallest absolute Gasteiger partial charge is 0.224 e. The van der Waals surface area contributed by atoms with Gasteiger partial charge in [-0.05, 0) is 34.9 Å². The summed E-state index contributed by atoms with van der Waals surface area (Å²) in [5.74, 6) is 0.0942. The van der Waals surface area contributed by atoms with Gasteiger partial charge in [0.15, 0.2) is 0 Å². The van der Waals surface area contributed by atoms with Crippen molar-refractivity contribution in [2.45, 2.75) is 31.6 Å². The number of morpholine rings is 1. The van der Waals surface area contributed by atoms with E-state index in [4.69, 9.17) is 10.5 Å². The highest BCUT2D eigenvalue weighted by Gasteiger charge is 2.30. The Kier molecular flexibility index (Phi) is 6.80. The predicted octanol–water partition coefficient (Wildman–Crippen LogP) is 3.55. The minimum absolute atomic E-state index is 0. The molecule has 1 saturated heterocycles. The first-order valence-corrected chi connectivity index (χ1v) is 8.83. The molecule has 6 heteroatoms. The van der Waals surface area contributed by atoms with Crippen molar-refractivity contribution in [3.05, 3.63) is 58.3 Å². The molecule has 3 rings (SSSR count). The van der Waals surface area contributed by atoms with Crippen LogP contribution in [0.2, 0.25) is 0 Å². The fourth-order valence-electron chi connectivity index (χ4n) is 2.93. The highest BCUT2D eigenvalue weighted by molar-refractivity contribution is 7.07. The van der Waals surface area contributed by atoms with E-state index in [-0.39, 0.29) is 36.6 Å². The number of carbonyl (C=O) groups excluding carboxylic acids is 1. The van der Waals surface area contributed by atoms with E-state index in [0.29, 0.717) is 19.5 Å². The lowest BCUT2D eigenvalue weighted by Crippen LogP contribution is -2.46. The number of halogens is 1. The Hall–Kier alpha value is -1.40. The second-order valence-corrected chi connectivity index (χ2v) is 6.79. The zero-order valence-electron chi connectivity index (χ0n) is 13.6. The zero-order chi connectivity index (χ0) is 16.2. The maximum Gasteiger partial charge on any atom is 0.224 e. The third-order valence-corrected chi connectivity index (χ3v) is 4.85. The standard InChI is InChI=1S/C18H22N2O2S.ClH/c1-13-10-20(11-17(22-13)15-7-8-23-12-15)18(21)9-16(19)14-5-3-2-4-6-14;/h2-8,12-13,16-17H,9-11,19H2,1H3;1H. The molecule has 3 unspecified atom stereocenters. The first kappa shape index (κ1) is 18.9. The molecule has 1 aliphatic rings. The van der Waals surface area contributed by atoms with Crippen molar-refractivity contribution in [1.82, 2.24) is 4.90 Å². The Morgan fingerprint density at radius 2 is 2.08 bits per heavy atom. The molecule has 2 aromatic rings. The minimum Gasteiger partial charge on any atom is -0.367 e. The molecule has 2 heterocycles. The van der Waals surface area contributed by atoms with Crippen LogP contribution in [0, 0.1) is 0 Å². The number of nitrogens with two attached hydrogens (primary N) is 1. The molecule has 0 radical (unpaired) electrons. The normalized spacial score (nSPS) is 21.8. The lowest BCUT2D eigenvalue weighted by Gasteiger charge is -2.37. The van der Waals surface area contributed by atoms with Crippen LogP contribution in [0.4, 0.5) is 0 Å². The second kappa shape index (κ2) is 8.62. The second-order valence-electron chi connectivity index (χ2n) is 6.01. The van der Waals surface area contributed by atoms with E-state index in [0.717, 1.165) is 11.1 Å². The van der Waals surface area contributed by atoms with Crippen LogP contribution in [-0.2, 0) is 9.53 Å². The van der Waals surface area contributed by atoms with Gasteiger partial charge >= 0.3 is 0 Å². The molecule has 1 aromatic carbocycles. The number of hydrogen-bond donors (Lipinski definition) is 1. The van der Waals surface area contributed by atoms with Crippen LogP contribution in [0.3, 0.4) is 0 Å². The summed E-state index contributed by atoms with van der Waals surface area (Å²) in [6.07, 6.45) is 0.319. The average Bonchev–Trinajstić information content (AvgIpc) is 3.09. The molecule has 3 atom stereocenters. The Morgan fingerprint density at radius 3 is 2.75 bits per heavy atom. The number of carbonyl (C=O) groups is 1. The first-order valence-electron chi connectivity index (χ1n) is 7.89. The van der Waals surface area contributed by atoms with Gasteiger partial charge in [0.2, 0.25) is 5.91 Å². The molecule has 2 N–H and O–H groups in total. The molecule has 4 nitrogen and oxygen atoms in total. The largest absolute Gasteiger partial charge is 0.367 e. The SMILES string of the molecule is CC1CN(C(=O)CC(N)c2ccccc2)CC(c2ccsc2)O1.Cl. The molecular formula is C18H23ClN2O2S. The maximum absolute atomic E-state index is 12.6. The quantitative estimate of drug-likeness (QED) is 0.900. The van der Waals surface area contributed by atoms with E-state index in [1.165, 1.54) is 0 Å².